The van der Waals surface area contributed by atoms with Gasteiger partial charge in [0.05, 0.1) is 7.11 Å². The van der Waals surface area contributed by atoms with Gasteiger partial charge < -0.3 is 10.1 Å². The molecule has 6 heteroatoms. The summed E-state index contributed by atoms with van der Waals surface area (Å²) in [6, 6.07) is 10.6. The predicted octanol–water partition coefficient (Wildman–Crippen LogP) is 2.07. The number of nitrogens with one attached hydrogen (secondary N) is 1. The van der Waals surface area contributed by atoms with Gasteiger partial charge in [-0.1, -0.05) is 29.8 Å². The molecule has 5 nitrogen and oxygen atoms in total. The zero-order valence-corrected chi connectivity index (χ0v) is 11.0. The molecule has 0 aliphatic carbocycles. The zero-order chi connectivity index (χ0) is 13.7. The van der Waals surface area contributed by atoms with Gasteiger partial charge in [-0.25, -0.2) is 0 Å². The Balaban J connectivity index is 2.07. The third kappa shape index (κ3) is 3.42. The second-order valence-electron chi connectivity index (χ2n) is 3.75. The number of rotatable bonds is 4. The van der Waals surface area contributed by atoms with Crippen LogP contribution in [0.3, 0.4) is 0 Å². The molecule has 1 amide bonds. The van der Waals surface area contributed by atoms with E-state index in [4.69, 9.17) is 16.3 Å². The maximum atomic E-state index is 11.9. The molecule has 0 radical (unpaired) electrons. The van der Waals surface area contributed by atoms with Gasteiger partial charge in [0.1, 0.15) is 0 Å². The van der Waals surface area contributed by atoms with E-state index < -0.39 is 0 Å². The van der Waals surface area contributed by atoms with Crippen LogP contribution in [-0.4, -0.2) is 23.2 Å². The number of methoxy groups -OCH3 is 1. The quantitative estimate of drug-likeness (QED) is 0.929. The molecule has 1 N–H and O–H groups in total. The molecule has 0 unspecified atom stereocenters. The van der Waals surface area contributed by atoms with Crippen LogP contribution in [0.4, 0.5) is 0 Å². The molecule has 0 saturated heterocycles. The van der Waals surface area contributed by atoms with Gasteiger partial charge in [0.2, 0.25) is 5.88 Å². The number of ether oxygens (including phenoxy) is 1. The lowest BCUT2D eigenvalue weighted by Crippen LogP contribution is -2.23. The summed E-state index contributed by atoms with van der Waals surface area (Å²) in [7, 11) is 1.49. The Kier molecular flexibility index (Phi) is 4.30. The molecular weight excluding hydrogens is 266 g/mol. The first-order chi connectivity index (χ1) is 9.20. The second kappa shape index (κ2) is 6.15. The minimum atomic E-state index is -0.171. The largest absolute Gasteiger partial charge is 0.480 e. The molecule has 0 aliphatic rings. The van der Waals surface area contributed by atoms with E-state index >= 15 is 0 Å². The first kappa shape index (κ1) is 13.3. The van der Waals surface area contributed by atoms with E-state index in [0.717, 1.165) is 0 Å². The molecule has 1 aromatic heterocycles. The maximum Gasteiger partial charge on any atom is 0.251 e. The molecule has 0 aliphatic heterocycles. The third-order valence-corrected chi connectivity index (χ3v) is 2.66. The summed E-state index contributed by atoms with van der Waals surface area (Å²) in [4.78, 5) is 11.9. The highest BCUT2D eigenvalue weighted by Gasteiger charge is 2.09. The summed E-state index contributed by atoms with van der Waals surface area (Å²) in [5.41, 5.74) is 1.27. The second-order valence-corrected chi connectivity index (χ2v) is 4.14. The van der Waals surface area contributed by atoms with Crippen LogP contribution in [0.2, 0.25) is 5.15 Å². The van der Waals surface area contributed by atoms with Gasteiger partial charge in [-0.05, 0) is 18.2 Å². The van der Waals surface area contributed by atoms with Crippen LogP contribution in [0.5, 0.6) is 5.88 Å². The highest BCUT2D eigenvalue weighted by molar-refractivity contribution is 6.29. The minimum absolute atomic E-state index is 0.171. The van der Waals surface area contributed by atoms with Crippen molar-refractivity contribution in [2.24, 2.45) is 0 Å². The molecule has 1 heterocycles. The fraction of sp³-hybridized carbons (Fsp3) is 0.154. The topological polar surface area (TPSA) is 64.1 Å². The first-order valence-electron chi connectivity index (χ1n) is 5.60. The van der Waals surface area contributed by atoms with Crippen molar-refractivity contribution in [2.45, 2.75) is 6.54 Å². The van der Waals surface area contributed by atoms with Gasteiger partial charge in [-0.2, -0.15) is 0 Å². The molecule has 1 aromatic carbocycles. The van der Waals surface area contributed by atoms with E-state index in [1.807, 2.05) is 6.07 Å². The van der Waals surface area contributed by atoms with Gasteiger partial charge in [-0.15, -0.1) is 10.2 Å². The summed E-state index contributed by atoms with van der Waals surface area (Å²) >= 11 is 5.76. The van der Waals surface area contributed by atoms with Crippen molar-refractivity contribution in [3.8, 4) is 5.88 Å². The highest BCUT2D eigenvalue weighted by Crippen LogP contribution is 2.16. The van der Waals surface area contributed by atoms with Crippen LogP contribution >= 0.6 is 11.6 Å². The van der Waals surface area contributed by atoms with Crippen molar-refractivity contribution in [2.75, 3.05) is 7.11 Å². The molecular formula is C13H12ClN3O2. The van der Waals surface area contributed by atoms with E-state index in [9.17, 15) is 4.79 Å². The van der Waals surface area contributed by atoms with Crippen molar-refractivity contribution in [1.29, 1.82) is 0 Å². The number of nitrogens with zero attached hydrogens (tertiary/aromatic N) is 2. The third-order valence-electron chi connectivity index (χ3n) is 2.47. The van der Waals surface area contributed by atoms with Gasteiger partial charge in [0, 0.05) is 17.7 Å². The van der Waals surface area contributed by atoms with E-state index in [0.29, 0.717) is 17.0 Å². The summed E-state index contributed by atoms with van der Waals surface area (Å²) in [6.45, 7) is 0.270. The number of hydrogen-bond donors (Lipinski definition) is 1. The Hall–Kier alpha value is -2.14. The Bertz CT molecular complexity index is 575. The van der Waals surface area contributed by atoms with Crippen molar-refractivity contribution in [3.05, 3.63) is 52.7 Å². The first-order valence-corrected chi connectivity index (χ1v) is 5.98. The fourth-order valence-corrected chi connectivity index (χ4v) is 1.73. The number of carbonyl (C=O) groups excluding carboxylic acids is 1. The average Bonchev–Trinajstić information content (AvgIpc) is 2.46. The number of halogens is 1. The van der Waals surface area contributed by atoms with Gasteiger partial charge in [0.15, 0.2) is 5.15 Å². The fourth-order valence-electron chi connectivity index (χ4n) is 1.56. The maximum absolute atomic E-state index is 11.9. The molecule has 0 bridgehead atoms. The van der Waals surface area contributed by atoms with Crippen molar-refractivity contribution in [1.82, 2.24) is 15.5 Å². The van der Waals surface area contributed by atoms with E-state index in [-0.39, 0.29) is 17.6 Å². The average molecular weight is 278 g/mol. The molecule has 98 valence electrons. The van der Waals surface area contributed by atoms with Crippen LogP contribution in [0.15, 0.2) is 36.4 Å². The minimum Gasteiger partial charge on any atom is -0.480 e. The Labute approximate surface area is 115 Å². The van der Waals surface area contributed by atoms with E-state index in [2.05, 4.69) is 15.5 Å². The molecule has 0 atom stereocenters. The number of carbonyl (C=O) groups is 1. The van der Waals surface area contributed by atoms with Crippen LogP contribution in [0, 0.1) is 0 Å². The van der Waals surface area contributed by atoms with Crippen LogP contribution in [0.1, 0.15) is 15.9 Å². The van der Waals surface area contributed by atoms with E-state index in [1.165, 1.54) is 7.11 Å². The summed E-state index contributed by atoms with van der Waals surface area (Å²) < 4.78 is 5.05. The van der Waals surface area contributed by atoms with Crippen LogP contribution < -0.4 is 10.1 Å². The smallest absolute Gasteiger partial charge is 0.251 e. The zero-order valence-electron chi connectivity index (χ0n) is 10.3. The summed E-state index contributed by atoms with van der Waals surface area (Å²) in [5.74, 6) is 0.174. The Morgan fingerprint density at radius 1 is 1.32 bits per heavy atom. The molecule has 0 fully saturated rings. The van der Waals surface area contributed by atoms with Crippen molar-refractivity contribution < 1.29 is 9.53 Å². The normalized spacial score (nSPS) is 10.0. The molecule has 0 spiro atoms. The predicted molar refractivity (Wildman–Crippen MR) is 71.2 cm³/mol. The molecule has 2 rings (SSSR count). The lowest BCUT2D eigenvalue weighted by molar-refractivity contribution is 0.0950. The van der Waals surface area contributed by atoms with E-state index in [1.54, 1.807) is 30.3 Å². The molecule has 2 aromatic rings. The number of hydrogen-bond acceptors (Lipinski definition) is 4. The van der Waals surface area contributed by atoms with Crippen LogP contribution in [-0.2, 0) is 6.54 Å². The van der Waals surface area contributed by atoms with Crippen molar-refractivity contribution in [3.63, 3.8) is 0 Å². The number of amides is 1. The SMILES string of the molecule is COc1nnc(Cl)cc1CNC(=O)c1ccccc1. The Morgan fingerprint density at radius 2 is 2.05 bits per heavy atom. The monoisotopic (exact) mass is 277 g/mol. The summed E-state index contributed by atoms with van der Waals surface area (Å²) in [6.07, 6.45) is 0. The lowest BCUT2D eigenvalue weighted by atomic mass is 10.2. The van der Waals surface area contributed by atoms with Crippen LogP contribution in [0.25, 0.3) is 0 Å². The molecule has 19 heavy (non-hydrogen) atoms. The number of aromatic nitrogens is 2. The lowest BCUT2D eigenvalue weighted by Gasteiger charge is -2.08. The summed E-state index contributed by atoms with van der Waals surface area (Å²) in [5, 5.41) is 10.5. The van der Waals surface area contributed by atoms with Gasteiger partial charge >= 0.3 is 0 Å². The standard InChI is InChI=1S/C13H12ClN3O2/c1-19-13-10(7-11(14)16-17-13)8-15-12(18)9-5-3-2-4-6-9/h2-7H,8H2,1H3,(H,15,18). The van der Waals surface area contributed by atoms with Crippen molar-refractivity contribution >= 4 is 17.5 Å². The van der Waals surface area contributed by atoms with Gasteiger partial charge in [0.25, 0.3) is 5.91 Å². The molecule has 0 saturated carbocycles. The number of benzene rings is 1. The highest BCUT2D eigenvalue weighted by atomic mass is 35.5. The Morgan fingerprint density at radius 3 is 2.74 bits per heavy atom. The van der Waals surface area contributed by atoms with Gasteiger partial charge in [-0.3, -0.25) is 4.79 Å².